The molecule has 0 aromatic heterocycles. The zero-order valence-corrected chi connectivity index (χ0v) is 19.4. The first-order valence-electron chi connectivity index (χ1n) is 7.41. The third-order valence-corrected chi connectivity index (χ3v) is 14.3. The molecule has 1 aliphatic rings. The molecule has 0 spiro atoms. The zero-order valence-electron chi connectivity index (χ0n) is 12.7. The van der Waals surface area contributed by atoms with Crippen molar-refractivity contribution in [3.8, 4) is 0 Å². The van der Waals surface area contributed by atoms with Gasteiger partial charge in [-0.15, -0.1) is 0 Å². The summed E-state index contributed by atoms with van der Waals surface area (Å²) in [5.74, 6) is 8.14. The van der Waals surface area contributed by atoms with Crippen LogP contribution in [0.4, 0.5) is 0 Å². The van der Waals surface area contributed by atoms with Crippen molar-refractivity contribution in [2.45, 2.75) is 45.6 Å². The second-order valence-corrected chi connectivity index (χ2v) is 14.7. The molecule has 0 aliphatic carbocycles. The Balaban J connectivity index is 1.95. The Morgan fingerprint density at radius 3 is 2.55 bits per heavy atom. The van der Waals surface area contributed by atoms with Gasteiger partial charge in [-0.25, -0.2) is 0 Å². The van der Waals surface area contributed by atoms with Crippen LogP contribution >= 0.6 is 47.0 Å². The van der Waals surface area contributed by atoms with Crippen LogP contribution in [0.5, 0.6) is 0 Å². The third kappa shape index (κ3) is 12.9. The first-order chi connectivity index (χ1) is 9.86. The molecule has 1 aliphatic heterocycles. The van der Waals surface area contributed by atoms with E-state index in [1.165, 1.54) is 39.8 Å². The zero-order chi connectivity index (χ0) is 14.5. The van der Waals surface area contributed by atoms with Crippen LogP contribution in [0, 0.1) is 0 Å². The summed E-state index contributed by atoms with van der Waals surface area (Å²) in [5, 5.41) is 8.24. The van der Waals surface area contributed by atoms with Crippen LogP contribution < -0.4 is 0 Å². The fourth-order valence-electron chi connectivity index (χ4n) is 1.52. The molecule has 0 amide bonds. The van der Waals surface area contributed by atoms with E-state index in [2.05, 4.69) is 60.9 Å². The van der Waals surface area contributed by atoms with Crippen molar-refractivity contribution in [2.24, 2.45) is 0 Å². The van der Waals surface area contributed by atoms with Crippen molar-refractivity contribution in [3.63, 3.8) is 0 Å². The predicted octanol–water partition coefficient (Wildman–Crippen LogP) is 4.79. The Kier molecular flexibility index (Phi) is 15.4. The average molecular weight is 483 g/mol. The van der Waals surface area contributed by atoms with Gasteiger partial charge in [0, 0.05) is 0 Å². The van der Waals surface area contributed by atoms with Crippen molar-refractivity contribution >= 4 is 77.0 Å². The molecule has 0 saturated carbocycles. The van der Waals surface area contributed by atoms with Gasteiger partial charge in [0.2, 0.25) is 0 Å². The number of hydrogen-bond donors (Lipinski definition) is 0. The molecule has 1 rings (SSSR count). The molecular formula is C14H28S4Se2. The van der Waals surface area contributed by atoms with Gasteiger partial charge in [0.25, 0.3) is 0 Å². The summed E-state index contributed by atoms with van der Waals surface area (Å²) in [7, 11) is 0. The SMILES string of the molecule is CCSCCSC(CSCC)C[Se]CC[Se]CC1CS1. The van der Waals surface area contributed by atoms with Crippen LogP contribution in [0.3, 0.4) is 0 Å². The van der Waals surface area contributed by atoms with Crippen molar-refractivity contribution in [1.29, 1.82) is 0 Å². The summed E-state index contributed by atoms with van der Waals surface area (Å²) in [5.41, 5.74) is 0. The van der Waals surface area contributed by atoms with E-state index in [4.69, 9.17) is 0 Å². The molecule has 1 saturated heterocycles. The summed E-state index contributed by atoms with van der Waals surface area (Å²) in [6, 6.07) is 0. The molecule has 20 heavy (non-hydrogen) atoms. The maximum atomic E-state index is 2.29. The molecule has 6 heteroatoms. The Hall–Kier alpha value is 2.44. The molecule has 0 aromatic rings. The topological polar surface area (TPSA) is 0 Å². The molecule has 120 valence electrons. The Morgan fingerprint density at radius 1 is 1.10 bits per heavy atom. The van der Waals surface area contributed by atoms with Crippen LogP contribution in [0.25, 0.3) is 0 Å². The van der Waals surface area contributed by atoms with Gasteiger partial charge >= 0.3 is 157 Å². The Labute approximate surface area is 156 Å². The minimum absolute atomic E-state index is 0.919. The maximum absolute atomic E-state index is 2.29. The summed E-state index contributed by atoms with van der Waals surface area (Å²) in [4.78, 5) is 0. The van der Waals surface area contributed by atoms with E-state index in [0.717, 1.165) is 40.4 Å². The fraction of sp³-hybridized carbons (Fsp3) is 1.00. The molecule has 0 N–H and O–H groups in total. The van der Waals surface area contributed by atoms with Crippen LogP contribution in [0.2, 0.25) is 21.3 Å². The van der Waals surface area contributed by atoms with E-state index in [1.807, 2.05) is 0 Å². The third-order valence-electron chi connectivity index (χ3n) is 2.68. The average Bonchev–Trinajstić information content (AvgIpc) is 3.27. The summed E-state index contributed by atoms with van der Waals surface area (Å²) in [6.07, 6.45) is 0. The molecule has 0 bridgehead atoms. The minimum atomic E-state index is 0.919. The van der Waals surface area contributed by atoms with E-state index in [1.54, 1.807) is 16.0 Å². The van der Waals surface area contributed by atoms with Crippen molar-refractivity contribution in [3.05, 3.63) is 0 Å². The molecular weight excluding hydrogens is 454 g/mol. The van der Waals surface area contributed by atoms with E-state index < -0.39 is 0 Å². The van der Waals surface area contributed by atoms with Crippen molar-refractivity contribution < 1.29 is 0 Å². The first kappa shape index (κ1) is 20.5. The van der Waals surface area contributed by atoms with Crippen LogP contribution in [0.1, 0.15) is 13.8 Å². The van der Waals surface area contributed by atoms with E-state index in [-0.39, 0.29) is 0 Å². The number of rotatable bonds is 15. The molecule has 1 fully saturated rings. The predicted molar refractivity (Wildman–Crippen MR) is 109 cm³/mol. The second-order valence-electron chi connectivity index (χ2n) is 4.45. The fourth-order valence-corrected chi connectivity index (χ4v) is 13.0. The van der Waals surface area contributed by atoms with Crippen LogP contribution in [-0.4, -0.2) is 74.9 Å². The normalized spacial score (nSPS) is 19.2. The Bertz CT molecular complexity index is 215. The van der Waals surface area contributed by atoms with E-state index in [9.17, 15) is 0 Å². The van der Waals surface area contributed by atoms with Gasteiger partial charge in [0.1, 0.15) is 0 Å². The van der Waals surface area contributed by atoms with Gasteiger partial charge in [-0.3, -0.25) is 0 Å². The number of thioether (sulfide) groups is 4. The number of hydrogen-bond acceptors (Lipinski definition) is 4. The monoisotopic (exact) mass is 484 g/mol. The van der Waals surface area contributed by atoms with E-state index >= 15 is 0 Å². The molecule has 2 unspecified atom stereocenters. The van der Waals surface area contributed by atoms with Crippen LogP contribution in [-0.2, 0) is 0 Å². The van der Waals surface area contributed by atoms with Crippen molar-refractivity contribution in [2.75, 3.05) is 34.5 Å². The van der Waals surface area contributed by atoms with Gasteiger partial charge < -0.3 is 0 Å². The molecule has 2 atom stereocenters. The van der Waals surface area contributed by atoms with Gasteiger partial charge in [-0.05, 0) is 0 Å². The van der Waals surface area contributed by atoms with Crippen molar-refractivity contribution in [1.82, 2.24) is 0 Å². The summed E-state index contributed by atoms with van der Waals surface area (Å²) < 4.78 is 0. The van der Waals surface area contributed by atoms with Crippen LogP contribution in [0.15, 0.2) is 0 Å². The van der Waals surface area contributed by atoms with E-state index in [0.29, 0.717) is 0 Å². The molecule has 0 nitrogen and oxygen atoms in total. The van der Waals surface area contributed by atoms with Gasteiger partial charge in [-0.1, -0.05) is 0 Å². The summed E-state index contributed by atoms with van der Waals surface area (Å²) in [6.45, 7) is 4.56. The molecule has 0 radical (unpaired) electrons. The van der Waals surface area contributed by atoms with Gasteiger partial charge in [0.05, 0.1) is 0 Å². The molecule has 0 aromatic carbocycles. The standard InChI is InChI=1S/C14H28S4Se2/c1-3-15-5-6-17-13(9-16-4-2)11-19-7-8-20-12-14-10-18-14/h13-14H,3-12H2,1-2H3. The Morgan fingerprint density at radius 2 is 1.85 bits per heavy atom. The second kappa shape index (κ2) is 15.0. The van der Waals surface area contributed by atoms with Gasteiger partial charge in [-0.2, -0.15) is 0 Å². The van der Waals surface area contributed by atoms with Gasteiger partial charge in [0.15, 0.2) is 0 Å². The summed E-state index contributed by atoms with van der Waals surface area (Å²) >= 11 is 10.6. The first-order valence-corrected chi connectivity index (χ1v) is 16.7. The quantitative estimate of drug-likeness (QED) is 0.187. The molecule has 1 heterocycles.